The summed E-state index contributed by atoms with van der Waals surface area (Å²) in [5, 5.41) is 11.4. The summed E-state index contributed by atoms with van der Waals surface area (Å²) in [5.41, 5.74) is 6.88. The minimum Gasteiger partial charge on any atom is -0.448 e. The van der Waals surface area contributed by atoms with Crippen LogP contribution in [0.2, 0.25) is 5.02 Å². The molecular weight excluding hydrogens is 280 g/mol. The molecule has 0 fully saturated rings. The Labute approximate surface area is 121 Å². The Morgan fingerprint density at radius 1 is 1.25 bits per heavy atom. The molecule has 0 aliphatic rings. The normalized spacial score (nSPS) is 10.3. The van der Waals surface area contributed by atoms with Crippen LogP contribution >= 0.6 is 11.6 Å². The number of rotatable bonds is 4. The van der Waals surface area contributed by atoms with E-state index >= 15 is 0 Å². The molecule has 0 unspecified atom stereocenters. The lowest BCUT2D eigenvalue weighted by Crippen LogP contribution is -2.02. The SMILES string of the molecule is Cc1cccc([N+](=O)[O-])c1Oc1c(Cl)cccc1CN. The maximum Gasteiger partial charge on any atom is 0.311 e. The van der Waals surface area contributed by atoms with Crippen molar-refractivity contribution in [3.63, 3.8) is 0 Å². The third-order valence-electron chi connectivity index (χ3n) is 2.86. The topological polar surface area (TPSA) is 78.4 Å². The van der Waals surface area contributed by atoms with E-state index in [0.29, 0.717) is 21.9 Å². The van der Waals surface area contributed by atoms with Crippen LogP contribution in [0.15, 0.2) is 36.4 Å². The number of aryl methyl sites for hydroxylation is 1. The summed E-state index contributed by atoms with van der Waals surface area (Å²) in [7, 11) is 0. The summed E-state index contributed by atoms with van der Waals surface area (Å²) < 4.78 is 5.70. The first-order valence-electron chi connectivity index (χ1n) is 5.94. The maximum absolute atomic E-state index is 11.1. The van der Waals surface area contributed by atoms with Crippen molar-refractivity contribution < 1.29 is 9.66 Å². The molecule has 0 aliphatic carbocycles. The minimum atomic E-state index is -0.485. The second-order valence-electron chi connectivity index (χ2n) is 4.21. The van der Waals surface area contributed by atoms with Gasteiger partial charge < -0.3 is 10.5 Å². The Kier molecular flexibility index (Phi) is 4.22. The highest BCUT2D eigenvalue weighted by Gasteiger charge is 2.20. The molecule has 0 aromatic heterocycles. The van der Waals surface area contributed by atoms with Crippen molar-refractivity contribution in [1.29, 1.82) is 0 Å². The Morgan fingerprint density at radius 3 is 2.60 bits per heavy atom. The zero-order valence-electron chi connectivity index (χ0n) is 10.8. The Hall–Kier alpha value is -2.11. The maximum atomic E-state index is 11.1. The smallest absolute Gasteiger partial charge is 0.311 e. The lowest BCUT2D eigenvalue weighted by Gasteiger charge is -2.13. The average Bonchev–Trinajstić information content (AvgIpc) is 2.42. The molecule has 5 nitrogen and oxygen atoms in total. The monoisotopic (exact) mass is 292 g/mol. The predicted octanol–water partition coefficient (Wildman–Crippen LogP) is 3.81. The van der Waals surface area contributed by atoms with Crippen LogP contribution in [0, 0.1) is 17.0 Å². The van der Waals surface area contributed by atoms with Gasteiger partial charge in [0.2, 0.25) is 5.75 Å². The van der Waals surface area contributed by atoms with E-state index in [-0.39, 0.29) is 18.0 Å². The highest BCUT2D eigenvalue weighted by Crippen LogP contribution is 2.38. The molecule has 0 heterocycles. The van der Waals surface area contributed by atoms with Gasteiger partial charge in [0.05, 0.1) is 9.95 Å². The molecule has 0 amide bonds. The van der Waals surface area contributed by atoms with E-state index < -0.39 is 4.92 Å². The number of para-hydroxylation sites is 2. The second-order valence-corrected chi connectivity index (χ2v) is 4.62. The summed E-state index contributed by atoms with van der Waals surface area (Å²) in [6, 6.07) is 9.91. The van der Waals surface area contributed by atoms with Crippen molar-refractivity contribution in [3.8, 4) is 11.5 Å². The van der Waals surface area contributed by atoms with E-state index in [2.05, 4.69) is 0 Å². The van der Waals surface area contributed by atoms with Crippen molar-refractivity contribution in [2.45, 2.75) is 13.5 Å². The highest BCUT2D eigenvalue weighted by molar-refractivity contribution is 6.32. The highest BCUT2D eigenvalue weighted by atomic mass is 35.5. The van der Waals surface area contributed by atoms with E-state index in [0.717, 1.165) is 0 Å². The number of hydrogen-bond acceptors (Lipinski definition) is 4. The van der Waals surface area contributed by atoms with Crippen molar-refractivity contribution >= 4 is 17.3 Å². The van der Waals surface area contributed by atoms with Gasteiger partial charge in [-0.15, -0.1) is 0 Å². The second kappa shape index (κ2) is 5.90. The fraction of sp³-hybridized carbons (Fsp3) is 0.143. The van der Waals surface area contributed by atoms with Crippen molar-refractivity contribution in [2.75, 3.05) is 0 Å². The van der Waals surface area contributed by atoms with Gasteiger partial charge in [0.1, 0.15) is 0 Å². The molecule has 0 bridgehead atoms. The van der Waals surface area contributed by atoms with Gasteiger partial charge in [-0.2, -0.15) is 0 Å². The van der Waals surface area contributed by atoms with Gasteiger partial charge in [0.25, 0.3) is 0 Å². The van der Waals surface area contributed by atoms with Crippen LogP contribution in [0.25, 0.3) is 0 Å². The van der Waals surface area contributed by atoms with Crippen LogP contribution in [0.5, 0.6) is 11.5 Å². The lowest BCUT2D eigenvalue weighted by molar-refractivity contribution is -0.385. The first-order valence-corrected chi connectivity index (χ1v) is 6.31. The summed E-state index contributed by atoms with van der Waals surface area (Å²) in [4.78, 5) is 10.6. The minimum absolute atomic E-state index is 0.104. The van der Waals surface area contributed by atoms with Crippen molar-refractivity contribution in [3.05, 3.63) is 62.7 Å². The molecule has 2 aromatic carbocycles. The summed E-state index contributed by atoms with van der Waals surface area (Å²) >= 11 is 6.09. The molecule has 0 saturated carbocycles. The first kappa shape index (κ1) is 14.3. The number of nitrogens with two attached hydrogens (primary N) is 1. The molecule has 0 spiro atoms. The summed E-state index contributed by atoms with van der Waals surface area (Å²) in [6.07, 6.45) is 0. The third-order valence-corrected chi connectivity index (χ3v) is 3.16. The number of nitro groups is 1. The zero-order valence-corrected chi connectivity index (χ0v) is 11.6. The Balaban J connectivity index is 2.53. The van der Waals surface area contributed by atoms with Crippen molar-refractivity contribution in [1.82, 2.24) is 0 Å². The van der Waals surface area contributed by atoms with Crippen LogP contribution < -0.4 is 10.5 Å². The largest absolute Gasteiger partial charge is 0.448 e. The molecule has 0 saturated heterocycles. The lowest BCUT2D eigenvalue weighted by atomic mass is 10.1. The number of nitrogens with zero attached hydrogens (tertiary/aromatic N) is 1. The van der Waals surface area contributed by atoms with Crippen LogP contribution in [-0.4, -0.2) is 4.92 Å². The fourth-order valence-electron chi connectivity index (χ4n) is 1.84. The molecule has 2 rings (SSSR count). The van der Waals surface area contributed by atoms with Crippen LogP contribution in [0.4, 0.5) is 5.69 Å². The number of halogens is 1. The molecule has 2 N–H and O–H groups in total. The van der Waals surface area contributed by atoms with Gasteiger partial charge in [0, 0.05) is 18.2 Å². The molecule has 2 aromatic rings. The van der Waals surface area contributed by atoms with Crippen molar-refractivity contribution in [2.24, 2.45) is 5.73 Å². The molecule has 0 aliphatic heterocycles. The van der Waals surface area contributed by atoms with Gasteiger partial charge in [-0.05, 0) is 18.6 Å². The third kappa shape index (κ3) is 2.74. The first-order chi connectivity index (χ1) is 9.54. The Morgan fingerprint density at radius 2 is 1.95 bits per heavy atom. The molecule has 104 valence electrons. The summed E-state index contributed by atoms with van der Waals surface area (Å²) in [6.45, 7) is 1.97. The van der Waals surface area contributed by atoms with E-state index in [1.54, 1.807) is 37.3 Å². The van der Waals surface area contributed by atoms with Crippen LogP contribution in [0.3, 0.4) is 0 Å². The zero-order chi connectivity index (χ0) is 14.7. The van der Waals surface area contributed by atoms with Gasteiger partial charge in [-0.1, -0.05) is 35.9 Å². The molecule has 20 heavy (non-hydrogen) atoms. The molecule has 0 radical (unpaired) electrons. The van der Waals surface area contributed by atoms with E-state index in [9.17, 15) is 10.1 Å². The van der Waals surface area contributed by atoms with Gasteiger partial charge >= 0.3 is 5.69 Å². The number of benzene rings is 2. The quantitative estimate of drug-likeness (QED) is 0.686. The van der Waals surface area contributed by atoms with Gasteiger partial charge in [-0.3, -0.25) is 10.1 Å². The fourth-order valence-corrected chi connectivity index (χ4v) is 2.08. The van der Waals surface area contributed by atoms with Gasteiger partial charge in [0.15, 0.2) is 5.75 Å². The van der Waals surface area contributed by atoms with Gasteiger partial charge in [-0.25, -0.2) is 0 Å². The standard InChI is InChI=1S/C14H13ClN2O3/c1-9-4-2-7-12(17(18)19)13(9)20-14-10(8-16)5-3-6-11(14)15/h2-7H,8,16H2,1H3. The Bertz CT molecular complexity index is 659. The summed E-state index contributed by atoms with van der Waals surface area (Å²) in [5.74, 6) is 0.536. The predicted molar refractivity (Wildman–Crippen MR) is 77.3 cm³/mol. The van der Waals surface area contributed by atoms with E-state index in [1.165, 1.54) is 6.07 Å². The number of hydrogen-bond donors (Lipinski definition) is 1. The van der Waals surface area contributed by atoms with E-state index in [4.69, 9.17) is 22.1 Å². The molecule has 6 heteroatoms. The number of nitro benzene ring substituents is 1. The van der Waals surface area contributed by atoms with Crippen LogP contribution in [-0.2, 0) is 6.54 Å². The number of ether oxygens (including phenoxy) is 1. The van der Waals surface area contributed by atoms with E-state index in [1.807, 2.05) is 0 Å². The average molecular weight is 293 g/mol. The molecule has 0 atom stereocenters. The van der Waals surface area contributed by atoms with Crippen LogP contribution in [0.1, 0.15) is 11.1 Å². The molecular formula is C14H13ClN2O3.